The number of amides is 3. The minimum absolute atomic E-state index is 0.0262. The van der Waals surface area contributed by atoms with Crippen molar-refractivity contribution < 1.29 is 45.5 Å². The van der Waals surface area contributed by atoms with E-state index in [1.54, 1.807) is 29.2 Å². The average molecular weight is 761 g/mol. The van der Waals surface area contributed by atoms with E-state index in [1.165, 1.54) is 0 Å². The summed E-state index contributed by atoms with van der Waals surface area (Å²) in [5.74, 6) is -2.85. The van der Waals surface area contributed by atoms with E-state index in [9.17, 15) is 41.1 Å². The van der Waals surface area contributed by atoms with Crippen LogP contribution in [0.3, 0.4) is 0 Å². The van der Waals surface area contributed by atoms with Crippen molar-refractivity contribution in [1.29, 1.82) is 0 Å². The molecule has 53 heavy (non-hydrogen) atoms. The molecule has 0 saturated carbocycles. The number of nitrogens with one attached hydrogen (secondary N) is 1. The summed E-state index contributed by atoms with van der Waals surface area (Å²) < 4.78 is 74.1. The Morgan fingerprint density at radius 1 is 0.830 bits per heavy atom. The number of hydrogen-bond acceptors (Lipinski definition) is 7. The van der Waals surface area contributed by atoms with E-state index in [0.717, 1.165) is 43.1 Å². The molecule has 0 spiro atoms. The maximum absolute atomic E-state index is 14.0. The van der Waals surface area contributed by atoms with Gasteiger partial charge in [0.05, 0.1) is 10.9 Å². The lowest BCUT2D eigenvalue weighted by Gasteiger charge is -2.38. The minimum Gasteiger partial charge on any atom is -0.451 e. The zero-order chi connectivity index (χ0) is 37.9. The molecule has 1 atom stereocenters. The van der Waals surface area contributed by atoms with E-state index in [-0.39, 0.29) is 31.0 Å². The lowest BCUT2D eigenvalue weighted by atomic mass is 10.0. The lowest BCUT2D eigenvalue weighted by molar-refractivity contribution is -0.360. The second-order valence-electron chi connectivity index (χ2n) is 12.8. The van der Waals surface area contributed by atoms with Gasteiger partial charge in [0.1, 0.15) is 17.4 Å². The first-order valence-corrected chi connectivity index (χ1v) is 17.3. The van der Waals surface area contributed by atoms with Gasteiger partial charge >= 0.3 is 12.3 Å². The van der Waals surface area contributed by atoms with Crippen LogP contribution >= 0.6 is 11.6 Å². The highest BCUT2D eigenvalue weighted by molar-refractivity contribution is 6.30. The van der Waals surface area contributed by atoms with E-state index in [1.807, 2.05) is 29.2 Å². The SMILES string of the molecule is O=C(N[C@H](Cc1ccc(Cl)cc1)C(=O)N1CCN(c2ccccc2C(=O)N2CCCCC2)CC1)c1cc(=O)c2cc(OC(F)(F)C(F)(F)F)ccc2o1. The van der Waals surface area contributed by atoms with Crippen LogP contribution in [0.15, 0.2) is 82.0 Å². The molecule has 0 radical (unpaired) electrons. The molecule has 3 aromatic carbocycles. The van der Waals surface area contributed by atoms with E-state index in [4.69, 9.17) is 16.0 Å². The van der Waals surface area contributed by atoms with Crippen LogP contribution in [0, 0.1) is 0 Å². The molecule has 6 rings (SSSR count). The number of anilines is 1. The van der Waals surface area contributed by atoms with Crippen LogP contribution in [0.25, 0.3) is 11.0 Å². The Morgan fingerprint density at radius 3 is 2.19 bits per heavy atom. The standard InChI is InChI=1S/C37H34ClF5N4O6/c38-24-10-8-23(9-11-24)20-28(44-33(49)32-22-30(48)27-21-25(12-13-31(27)52-32)53-37(42,43)36(39,40)41)35(51)47-18-16-45(17-19-47)29-7-3-2-6-26(29)34(50)46-14-4-1-5-15-46/h2-3,6-13,21-22,28H,1,4-5,14-20H2,(H,44,49)/t28-/m1/s1. The van der Waals surface area contributed by atoms with E-state index in [0.29, 0.717) is 48.4 Å². The summed E-state index contributed by atoms with van der Waals surface area (Å²) in [4.78, 5) is 59.3. The molecule has 2 fully saturated rings. The third-order valence-corrected chi connectivity index (χ3v) is 9.42. The van der Waals surface area contributed by atoms with Crippen molar-refractivity contribution >= 4 is 46.0 Å². The Morgan fingerprint density at radius 2 is 1.51 bits per heavy atom. The monoisotopic (exact) mass is 760 g/mol. The van der Waals surface area contributed by atoms with Gasteiger partial charge in [-0.2, -0.15) is 22.0 Å². The maximum Gasteiger partial charge on any atom is 0.499 e. The molecule has 2 aliphatic rings. The molecule has 16 heteroatoms. The molecule has 1 aromatic heterocycles. The Hall–Kier alpha value is -5.18. The number of rotatable bonds is 9. The Kier molecular flexibility index (Phi) is 10.9. The molecule has 1 N–H and O–H groups in total. The second-order valence-corrected chi connectivity index (χ2v) is 13.2. The van der Waals surface area contributed by atoms with E-state index >= 15 is 0 Å². The van der Waals surface area contributed by atoms with Gasteiger partial charge in [-0.15, -0.1) is 0 Å². The first kappa shape index (κ1) is 37.6. The van der Waals surface area contributed by atoms with Crippen LogP contribution in [0.1, 0.15) is 45.7 Å². The van der Waals surface area contributed by atoms with Crippen LogP contribution in [0.5, 0.6) is 5.75 Å². The summed E-state index contributed by atoms with van der Waals surface area (Å²) in [6.07, 6.45) is -8.46. The highest BCUT2D eigenvalue weighted by Crippen LogP contribution is 2.37. The molecule has 2 aliphatic heterocycles. The number of alkyl halides is 5. The quantitative estimate of drug-likeness (QED) is 0.200. The Balaban J connectivity index is 1.18. The Bertz CT molecular complexity index is 2040. The number of piperidine rings is 1. The molecule has 280 valence electrons. The molecule has 3 heterocycles. The smallest absolute Gasteiger partial charge is 0.451 e. The number of nitrogens with zero attached hydrogens (tertiary/aromatic N) is 3. The predicted octanol–water partition coefficient (Wildman–Crippen LogP) is 6.30. The third kappa shape index (κ3) is 8.56. The summed E-state index contributed by atoms with van der Waals surface area (Å²) in [5.41, 5.74) is 0.830. The van der Waals surface area contributed by atoms with Gasteiger partial charge in [0.25, 0.3) is 11.8 Å². The number of ether oxygens (including phenoxy) is 1. The summed E-state index contributed by atoms with van der Waals surface area (Å²) in [6.45, 7) is 2.81. The number of benzene rings is 3. The first-order valence-electron chi connectivity index (χ1n) is 16.9. The number of fused-ring (bicyclic) bond motifs is 1. The first-order chi connectivity index (χ1) is 25.2. The van der Waals surface area contributed by atoms with Crippen molar-refractivity contribution in [2.45, 2.75) is 44.0 Å². The molecule has 3 amide bonds. The topological polar surface area (TPSA) is 112 Å². The minimum atomic E-state index is -6.00. The van der Waals surface area contributed by atoms with Crippen molar-refractivity contribution in [3.05, 3.63) is 105 Å². The number of halogens is 6. The maximum atomic E-state index is 14.0. The average Bonchev–Trinajstić information content (AvgIpc) is 3.15. The fourth-order valence-electron chi connectivity index (χ4n) is 6.39. The number of carbonyl (C=O) groups excluding carboxylic acids is 3. The molecular formula is C37H34ClF5N4O6. The highest BCUT2D eigenvalue weighted by Gasteiger charge is 2.61. The second kappa shape index (κ2) is 15.4. The van der Waals surface area contributed by atoms with E-state index < -0.39 is 52.5 Å². The largest absolute Gasteiger partial charge is 0.499 e. The van der Waals surface area contributed by atoms with Crippen molar-refractivity contribution in [1.82, 2.24) is 15.1 Å². The van der Waals surface area contributed by atoms with E-state index in [2.05, 4.69) is 15.0 Å². The zero-order valence-corrected chi connectivity index (χ0v) is 28.9. The van der Waals surface area contributed by atoms with Gasteiger partial charge in [-0.3, -0.25) is 19.2 Å². The van der Waals surface area contributed by atoms with Gasteiger partial charge in [-0.1, -0.05) is 35.9 Å². The van der Waals surface area contributed by atoms with Gasteiger partial charge < -0.3 is 29.2 Å². The van der Waals surface area contributed by atoms with Crippen molar-refractivity contribution in [3.63, 3.8) is 0 Å². The number of piperazine rings is 1. The number of hydrogen-bond donors (Lipinski definition) is 1. The summed E-state index contributed by atoms with van der Waals surface area (Å²) in [7, 11) is 0. The third-order valence-electron chi connectivity index (χ3n) is 9.16. The summed E-state index contributed by atoms with van der Waals surface area (Å²) in [6, 6.07) is 16.0. The molecular weight excluding hydrogens is 727 g/mol. The van der Waals surface area contributed by atoms with Gasteiger partial charge in [0, 0.05) is 62.5 Å². The zero-order valence-electron chi connectivity index (χ0n) is 28.1. The van der Waals surface area contributed by atoms with Gasteiger partial charge in [0.15, 0.2) is 11.2 Å². The molecule has 10 nitrogen and oxygen atoms in total. The Labute approximate surface area is 305 Å². The summed E-state index contributed by atoms with van der Waals surface area (Å²) >= 11 is 6.05. The normalized spacial score (nSPS) is 16.0. The number of carbonyl (C=O) groups is 3. The van der Waals surface area contributed by atoms with Gasteiger partial charge in [-0.05, 0) is 67.3 Å². The van der Waals surface area contributed by atoms with Gasteiger partial charge in [0.2, 0.25) is 5.91 Å². The van der Waals surface area contributed by atoms with Crippen LogP contribution < -0.4 is 20.4 Å². The van der Waals surface area contributed by atoms with Crippen molar-refractivity contribution in [2.24, 2.45) is 0 Å². The number of likely N-dealkylation sites (tertiary alicyclic amines) is 1. The van der Waals surface area contributed by atoms with Crippen LogP contribution in [0.2, 0.25) is 5.02 Å². The number of para-hydroxylation sites is 1. The fraction of sp³-hybridized carbons (Fsp3) is 0.351. The molecule has 2 saturated heterocycles. The van der Waals surface area contributed by atoms with Crippen molar-refractivity contribution in [2.75, 3.05) is 44.2 Å². The molecule has 0 aliphatic carbocycles. The predicted molar refractivity (Wildman–Crippen MR) is 186 cm³/mol. The molecule has 0 unspecified atom stereocenters. The molecule has 4 aromatic rings. The van der Waals surface area contributed by atoms with Crippen LogP contribution in [-0.4, -0.2) is 85.1 Å². The molecule has 0 bridgehead atoms. The van der Waals surface area contributed by atoms with Gasteiger partial charge in [-0.25, -0.2) is 0 Å². The van der Waals surface area contributed by atoms with Crippen molar-refractivity contribution in [3.8, 4) is 5.75 Å². The summed E-state index contributed by atoms with van der Waals surface area (Å²) in [5, 5.41) is 2.69. The van der Waals surface area contributed by atoms with Crippen LogP contribution in [0.4, 0.5) is 27.6 Å². The fourth-order valence-corrected chi connectivity index (χ4v) is 6.51. The highest BCUT2D eigenvalue weighted by atomic mass is 35.5. The van der Waals surface area contributed by atoms with Crippen LogP contribution in [-0.2, 0) is 11.2 Å². The lowest BCUT2D eigenvalue weighted by Crippen LogP contribution is -2.56.